The van der Waals surface area contributed by atoms with Crippen LogP contribution in [0.4, 0.5) is 0 Å². The first-order chi connectivity index (χ1) is 18.1. The van der Waals surface area contributed by atoms with Gasteiger partial charge >= 0.3 is 0 Å². The van der Waals surface area contributed by atoms with E-state index in [1.165, 1.54) is 16.7 Å². The monoisotopic (exact) mass is 524 g/mol. The van der Waals surface area contributed by atoms with E-state index in [4.69, 9.17) is 18.9 Å². The largest absolute Gasteiger partial charge is 0.393 e. The Labute approximate surface area is 226 Å². The summed E-state index contributed by atoms with van der Waals surface area (Å²) in [5.41, 5.74) is 4.11. The number of ether oxygens (including phenoxy) is 4. The van der Waals surface area contributed by atoms with Gasteiger partial charge in [0.2, 0.25) is 0 Å². The van der Waals surface area contributed by atoms with E-state index < -0.39 is 11.4 Å². The lowest BCUT2D eigenvalue weighted by atomic mass is 9.51. The highest BCUT2D eigenvalue weighted by molar-refractivity contribution is 5.44. The van der Waals surface area contributed by atoms with Gasteiger partial charge in [-0.15, -0.1) is 0 Å². The number of rotatable bonds is 2. The van der Waals surface area contributed by atoms with Gasteiger partial charge in [-0.25, -0.2) is 0 Å². The molecule has 5 fully saturated rings. The number of hydrogen-bond acceptors (Lipinski definition) is 6. The molecule has 0 aromatic heterocycles. The minimum atomic E-state index is -0.867. The molecule has 3 saturated carbocycles. The van der Waals surface area contributed by atoms with Gasteiger partial charge in [-0.1, -0.05) is 50.6 Å². The van der Waals surface area contributed by atoms with Crippen molar-refractivity contribution in [3.63, 3.8) is 0 Å². The lowest BCUT2D eigenvalue weighted by Crippen LogP contribution is -2.53. The summed E-state index contributed by atoms with van der Waals surface area (Å²) in [7, 11) is 0. The van der Waals surface area contributed by atoms with Gasteiger partial charge in [-0.2, -0.15) is 0 Å². The van der Waals surface area contributed by atoms with Crippen LogP contribution in [0.15, 0.2) is 35.4 Å². The van der Waals surface area contributed by atoms with Crippen molar-refractivity contribution in [2.24, 2.45) is 22.7 Å². The molecule has 6 nitrogen and oxygen atoms in total. The molecule has 0 unspecified atom stereocenters. The fourth-order valence-electron chi connectivity index (χ4n) is 9.05. The number of fused-ring (bicyclic) bond motifs is 4. The summed E-state index contributed by atoms with van der Waals surface area (Å²) in [6.07, 6.45) is 6.19. The molecule has 2 heterocycles. The molecule has 2 aliphatic heterocycles. The normalized spacial score (nSPS) is 42.1. The van der Waals surface area contributed by atoms with Gasteiger partial charge in [0.1, 0.15) is 0 Å². The van der Waals surface area contributed by atoms with E-state index in [1.54, 1.807) is 0 Å². The zero-order valence-corrected chi connectivity index (χ0v) is 23.2. The van der Waals surface area contributed by atoms with Gasteiger partial charge in [-0.3, -0.25) is 0 Å². The predicted octanol–water partition coefficient (Wildman–Crippen LogP) is 5.39. The molecule has 208 valence electrons. The van der Waals surface area contributed by atoms with Crippen LogP contribution >= 0.6 is 0 Å². The van der Waals surface area contributed by atoms with Crippen LogP contribution < -0.4 is 0 Å². The smallest absolute Gasteiger partial charge is 0.183 e. The second kappa shape index (κ2) is 8.86. The molecule has 0 bridgehead atoms. The topological polar surface area (TPSA) is 77.4 Å². The molecule has 4 aliphatic carbocycles. The fraction of sp³-hybridized carbons (Fsp3) is 0.750. The van der Waals surface area contributed by atoms with Crippen molar-refractivity contribution in [3.05, 3.63) is 46.5 Å². The highest BCUT2D eigenvalue weighted by Gasteiger charge is 2.60. The highest BCUT2D eigenvalue weighted by Crippen LogP contribution is 2.65. The third-order valence-corrected chi connectivity index (χ3v) is 11.0. The minimum absolute atomic E-state index is 0.0421. The molecule has 7 rings (SSSR count). The lowest BCUT2D eigenvalue weighted by Gasteiger charge is -2.56. The molecule has 0 amide bonds. The van der Waals surface area contributed by atoms with Crippen LogP contribution in [0, 0.1) is 22.7 Å². The molecule has 38 heavy (non-hydrogen) atoms. The molecule has 2 saturated heterocycles. The summed E-state index contributed by atoms with van der Waals surface area (Å²) in [6, 6.07) is 8.79. The van der Waals surface area contributed by atoms with Crippen LogP contribution in [0.1, 0.15) is 95.5 Å². The number of benzene rings is 1. The minimum Gasteiger partial charge on any atom is -0.393 e. The van der Waals surface area contributed by atoms with Crippen molar-refractivity contribution in [1.29, 1.82) is 0 Å². The molecule has 6 aliphatic rings. The van der Waals surface area contributed by atoms with Crippen molar-refractivity contribution in [3.8, 4) is 0 Å². The summed E-state index contributed by atoms with van der Waals surface area (Å²) in [4.78, 5) is 0. The van der Waals surface area contributed by atoms with E-state index in [9.17, 15) is 10.2 Å². The molecule has 6 atom stereocenters. The summed E-state index contributed by atoms with van der Waals surface area (Å²) >= 11 is 0. The summed E-state index contributed by atoms with van der Waals surface area (Å²) in [5.74, 6) is 0.459. The Morgan fingerprint density at radius 2 is 1.55 bits per heavy atom. The van der Waals surface area contributed by atoms with Crippen LogP contribution in [0.2, 0.25) is 0 Å². The molecule has 1 aromatic carbocycles. The van der Waals surface area contributed by atoms with Crippen molar-refractivity contribution in [1.82, 2.24) is 0 Å². The van der Waals surface area contributed by atoms with Crippen molar-refractivity contribution in [2.45, 2.75) is 102 Å². The standard InChI is InChI=1S/C32H44O6/c1-29(2)18-35-28(36-19-29)21-6-4-20(5-7-21)23-16-30(3)24(8-9-26(30)33)22-10-12-31(34)17-32(37-14-15-38-32)13-11-25(31)27(22)23/h4-7,22-24,26,28,33-34H,8-19H2,1-3H3/t22-,23+,24+,26+,30-,31+/m0/s1. The van der Waals surface area contributed by atoms with Gasteiger partial charge in [0.15, 0.2) is 12.1 Å². The lowest BCUT2D eigenvalue weighted by molar-refractivity contribution is -0.226. The van der Waals surface area contributed by atoms with Gasteiger partial charge < -0.3 is 29.2 Å². The SMILES string of the molecule is CC1(C)COC(c2ccc([C@H]3C[C@]4(C)[C@H](O)CC[C@@H]4[C@@H]4CC[C@@]5(O)CC6(CCC5=C43)OCCO6)cc2)OC1. The molecular weight excluding hydrogens is 480 g/mol. The summed E-state index contributed by atoms with van der Waals surface area (Å²) < 4.78 is 24.2. The third kappa shape index (κ3) is 3.97. The van der Waals surface area contributed by atoms with Gasteiger partial charge in [-0.05, 0) is 66.9 Å². The molecule has 1 aromatic rings. The van der Waals surface area contributed by atoms with Crippen molar-refractivity contribution < 1.29 is 29.2 Å². The summed E-state index contributed by atoms with van der Waals surface area (Å²) in [6.45, 7) is 9.25. The van der Waals surface area contributed by atoms with Gasteiger partial charge in [0, 0.05) is 29.7 Å². The van der Waals surface area contributed by atoms with Crippen molar-refractivity contribution >= 4 is 0 Å². The van der Waals surface area contributed by atoms with E-state index in [0.717, 1.165) is 50.5 Å². The number of hydrogen-bond donors (Lipinski definition) is 2. The Hall–Kier alpha value is -1.28. The average Bonchev–Trinajstić information content (AvgIpc) is 3.46. The maximum atomic E-state index is 12.1. The zero-order valence-electron chi connectivity index (χ0n) is 23.2. The molecule has 2 N–H and O–H groups in total. The molecule has 1 spiro atoms. The number of aliphatic hydroxyl groups excluding tert-OH is 1. The van der Waals surface area contributed by atoms with E-state index in [-0.39, 0.29) is 29.1 Å². The second-order valence-electron chi connectivity index (χ2n) is 14.1. The van der Waals surface area contributed by atoms with E-state index in [0.29, 0.717) is 44.7 Å². The first-order valence-electron chi connectivity index (χ1n) is 14.9. The number of aliphatic hydroxyl groups is 2. The molecule has 0 radical (unpaired) electrons. The Bertz CT molecular complexity index is 1090. The third-order valence-electron chi connectivity index (χ3n) is 11.0. The van der Waals surface area contributed by atoms with Crippen LogP contribution in [0.5, 0.6) is 0 Å². The van der Waals surface area contributed by atoms with Crippen LogP contribution in [0.3, 0.4) is 0 Å². The number of allylic oxidation sites excluding steroid dienone is 1. The Morgan fingerprint density at radius 3 is 2.26 bits per heavy atom. The summed E-state index contributed by atoms with van der Waals surface area (Å²) in [5, 5.41) is 23.3. The first kappa shape index (κ1) is 25.7. The molecular formula is C32H44O6. The van der Waals surface area contributed by atoms with Crippen molar-refractivity contribution in [2.75, 3.05) is 26.4 Å². The average molecular weight is 525 g/mol. The Morgan fingerprint density at radius 1 is 0.868 bits per heavy atom. The van der Waals surface area contributed by atoms with Crippen LogP contribution in [-0.4, -0.2) is 54.1 Å². The van der Waals surface area contributed by atoms with Crippen LogP contribution in [-0.2, 0) is 18.9 Å². The first-order valence-corrected chi connectivity index (χ1v) is 14.9. The van der Waals surface area contributed by atoms with E-state index >= 15 is 0 Å². The second-order valence-corrected chi connectivity index (χ2v) is 14.1. The molecule has 6 heteroatoms. The quantitative estimate of drug-likeness (QED) is 0.506. The highest BCUT2D eigenvalue weighted by atomic mass is 16.7. The zero-order chi connectivity index (χ0) is 26.3. The predicted molar refractivity (Wildman–Crippen MR) is 142 cm³/mol. The van der Waals surface area contributed by atoms with E-state index in [1.807, 2.05) is 0 Å². The Kier molecular flexibility index (Phi) is 5.98. The van der Waals surface area contributed by atoms with Crippen LogP contribution in [0.25, 0.3) is 0 Å². The van der Waals surface area contributed by atoms with Gasteiger partial charge in [0.25, 0.3) is 0 Å². The maximum absolute atomic E-state index is 12.1. The fourth-order valence-corrected chi connectivity index (χ4v) is 9.05. The Balaban J connectivity index is 1.25. The maximum Gasteiger partial charge on any atom is 0.183 e. The van der Waals surface area contributed by atoms with Gasteiger partial charge in [0.05, 0.1) is 38.1 Å². The van der Waals surface area contributed by atoms with E-state index in [2.05, 4.69) is 45.0 Å².